The molecule has 3 heterocycles. The largest absolute Gasteiger partial charge is 0.486 e. The Morgan fingerprint density at radius 2 is 2.03 bits per heavy atom. The summed E-state index contributed by atoms with van der Waals surface area (Å²) in [7, 11) is 0. The van der Waals surface area contributed by atoms with Crippen molar-refractivity contribution in [1.82, 2.24) is 15.0 Å². The summed E-state index contributed by atoms with van der Waals surface area (Å²) < 4.78 is 34.9. The summed E-state index contributed by atoms with van der Waals surface area (Å²) in [4.78, 5) is 14.4. The maximum Gasteiger partial charge on any atom is 0.229 e. The molecule has 0 bridgehead atoms. The summed E-state index contributed by atoms with van der Waals surface area (Å²) in [5, 5.41) is 2.90. The number of hydrogen-bond acceptors (Lipinski definition) is 7. The molecule has 0 radical (unpaired) electrons. The number of pyridine rings is 1. The molecule has 0 spiro atoms. The normalized spacial score (nSPS) is 14.1. The van der Waals surface area contributed by atoms with Crippen LogP contribution < -0.4 is 20.7 Å². The molecule has 1 unspecified atom stereocenters. The number of nitrogens with zero attached hydrogens (tertiary/aromatic N) is 4. The minimum atomic E-state index is -0.656. The van der Waals surface area contributed by atoms with Gasteiger partial charge >= 0.3 is 0 Å². The number of fused-ring (bicyclic) bond motifs is 1. The zero-order chi connectivity index (χ0) is 21.3. The van der Waals surface area contributed by atoms with Crippen LogP contribution in [0, 0.1) is 11.6 Å². The summed E-state index contributed by atoms with van der Waals surface area (Å²) in [5.41, 5.74) is 7.03. The molecular formula is C21H22F2N6O. The van der Waals surface area contributed by atoms with Crippen LogP contribution in [0.2, 0.25) is 0 Å². The fraction of sp³-hybridized carbons (Fsp3) is 0.286. The number of ether oxygens (including phenoxy) is 1. The second-order valence-electron chi connectivity index (χ2n) is 7.10. The molecule has 0 saturated carbocycles. The second-order valence-corrected chi connectivity index (χ2v) is 7.10. The van der Waals surface area contributed by atoms with Gasteiger partial charge in [0.1, 0.15) is 18.1 Å². The first-order valence-electron chi connectivity index (χ1n) is 9.70. The van der Waals surface area contributed by atoms with Gasteiger partial charge in [-0.3, -0.25) is 0 Å². The van der Waals surface area contributed by atoms with Gasteiger partial charge in [0.05, 0.1) is 30.3 Å². The number of benzene rings is 1. The smallest absolute Gasteiger partial charge is 0.229 e. The highest BCUT2D eigenvalue weighted by Gasteiger charge is 2.26. The highest BCUT2D eigenvalue weighted by Crippen LogP contribution is 2.39. The standard InChI is InChI=1S/C21H22F2N6O/c1-3-12(2)29-6-7-30-20-15(22)8-13(9-17(20)29)19-16(23)11-26-21(28-19)27-18-5-4-14(24)10-25-18/h4-5,8-12H,3,6-7,24H2,1-2H3,(H,25,26,27,28). The summed E-state index contributed by atoms with van der Waals surface area (Å²) in [6.07, 6.45) is 3.41. The van der Waals surface area contributed by atoms with Crippen molar-refractivity contribution >= 4 is 23.1 Å². The minimum Gasteiger partial charge on any atom is -0.486 e. The van der Waals surface area contributed by atoms with E-state index < -0.39 is 11.6 Å². The number of rotatable bonds is 5. The fourth-order valence-electron chi connectivity index (χ4n) is 3.34. The van der Waals surface area contributed by atoms with Gasteiger partial charge < -0.3 is 20.7 Å². The third-order valence-electron chi connectivity index (χ3n) is 5.08. The van der Waals surface area contributed by atoms with Crippen LogP contribution in [0.25, 0.3) is 11.3 Å². The first kappa shape index (κ1) is 19.8. The van der Waals surface area contributed by atoms with Gasteiger partial charge in [-0.05, 0) is 37.6 Å². The molecule has 30 heavy (non-hydrogen) atoms. The summed E-state index contributed by atoms with van der Waals surface area (Å²) >= 11 is 0. The van der Waals surface area contributed by atoms with E-state index in [0.29, 0.717) is 35.9 Å². The van der Waals surface area contributed by atoms with Gasteiger partial charge in [-0.2, -0.15) is 0 Å². The Hall–Kier alpha value is -3.49. The molecule has 0 saturated heterocycles. The molecule has 4 rings (SSSR count). The lowest BCUT2D eigenvalue weighted by Crippen LogP contribution is -2.39. The maximum absolute atomic E-state index is 14.8. The van der Waals surface area contributed by atoms with Gasteiger partial charge in [-0.15, -0.1) is 0 Å². The minimum absolute atomic E-state index is 0.0145. The van der Waals surface area contributed by atoms with E-state index in [2.05, 4.69) is 39.0 Å². The first-order valence-corrected chi connectivity index (χ1v) is 9.70. The second kappa shape index (κ2) is 8.10. The summed E-state index contributed by atoms with van der Waals surface area (Å²) in [5.74, 6) is -0.434. The van der Waals surface area contributed by atoms with Gasteiger partial charge in [0.2, 0.25) is 5.95 Å². The molecule has 0 fully saturated rings. The number of anilines is 4. The molecule has 1 atom stereocenters. The zero-order valence-electron chi connectivity index (χ0n) is 16.7. The van der Waals surface area contributed by atoms with Crippen molar-refractivity contribution in [3.8, 4) is 17.0 Å². The monoisotopic (exact) mass is 412 g/mol. The van der Waals surface area contributed by atoms with Gasteiger partial charge in [0.15, 0.2) is 17.4 Å². The van der Waals surface area contributed by atoms with E-state index in [-0.39, 0.29) is 23.4 Å². The fourth-order valence-corrected chi connectivity index (χ4v) is 3.34. The third-order valence-corrected chi connectivity index (χ3v) is 5.08. The van der Waals surface area contributed by atoms with Crippen molar-refractivity contribution < 1.29 is 13.5 Å². The molecule has 3 N–H and O–H groups in total. The zero-order valence-corrected chi connectivity index (χ0v) is 16.7. The molecule has 3 aromatic rings. The summed E-state index contributed by atoms with van der Waals surface area (Å²) in [6.45, 7) is 5.16. The topological polar surface area (TPSA) is 89.2 Å². The van der Waals surface area contributed by atoms with Crippen LogP contribution >= 0.6 is 0 Å². The van der Waals surface area contributed by atoms with Gasteiger partial charge in [0.25, 0.3) is 0 Å². The predicted molar refractivity (Wildman–Crippen MR) is 112 cm³/mol. The SMILES string of the molecule is CCC(C)N1CCOc2c(F)cc(-c3nc(Nc4ccc(N)cn4)ncc3F)cc21. The van der Waals surface area contributed by atoms with Crippen LogP contribution in [-0.2, 0) is 0 Å². The number of aromatic nitrogens is 3. The molecule has 7 nitrogen and oxygen atoms in total. The lowest BCUT2D eigenvalue weighted by atomic mass is 10.1. The average Bonchev–Trinajstić information content (AvgIpc) is 2.75. The molecule has 2 aromatic heterocycles. The molecule has 0 aliphatic carbocycles. The number of nitrogens with one attached hydrogen (secondary N) is 1. The van der Waals surface area contributed by atoms with Crippen LogP contribution in [0.15, 0.2) is 36.7 Å². The van der Waals surface area contributed by atoms with Crippen molar-refractivity contribution in [3.63, 3.8) is 0 Å². The molecule has 1 aliphatic heterocycles. The Morgan fingerprint density at radius 1 is 1.20 bits per heavy atom. The van der Waals surface area contributed by atoms with Crippen molar-refractivity contribution in [2.75, 3.05) is 29.1 Å². The van der Waals surface area contributed by atoms with E-state index in [9.17, 15) is 8.78 Å². The average molecular weight is 412 g/mol. The molecule has 156 valence electrons. The highest BCUT2D eigenvalue weighted by atomic mass is 19.1. The van der Waals surface area contributed by atoms with Gasteiger partial charge in [-0.25, -0.2) is 23.7 Å². The van der Waals surface area contributed by atoms with E-state index in [1.807, 2.05) is 0 Å². The Balaban J connectivity index is 1.73. The van der Waals surface area contributed by atoms with E-state index in [4.69, 9.17) is 10.5 Å². The van der Waals surface area contributed by atoms with Crippen LogP contribution in [0.4, 0.5) is 31.9 Å². The molecular weight excluding hydrogens is 390 g/mol. The first-order chi connectivity index (χ1) is 14.5. The number of hydrogen-bond donors (Lipinski definition) is 2. The van der Waals surface area contributed by atoms with Crippen molar-refractivity contribution in [2.24, 2.45) is 0 Å². The molecule has 9 heteroatoms. The Kier molecular flexibility index (Phi) is 5.35. The van der Waals surface area contributed by atoms with Crippen LogP contribution in [0.1, 0.15) is 20.3 Å². The molecule has 1 aliphatic rings. The van der Waals surface area contributed by atoms with E-state index in [1.54, 1.807) is 18.2 Å². The third kappa shape index (κ3) is 3.83. The van der Waals surface area contributed by atoms with Crippen molar-refractivity contribution in [3.05, 3.63) is 48.3 Å². The Labute approximate surface area is 172 Å². The van der Waals surface area contributed by atoms with E-state index in [1.165, 1.54) is 12.3 Å². The quantitative estimate of drug-likeness (QED) is 0.651. The van der Waals surface area contributed by atoms with Gasteiger partial charge in [-0.1, -0.05) is 6.92 Å². The highest BCUT2D eigenvalue weighted by molar-refractivity contribution is 5.73. The van der Waals surface area contributed by atoms with E-state index >= 15 is 0 Å². The number of nitrogen functional groups attached to an aromatic ring is 1. The van der Waals surface area contributed by atoms with Crippen molar-refractivity contribution in [1.29, 1.82) is 0 Å². The maximum atomic E-state index is 14.8. The van der Waals surface area contributed by atoms with Crippen LogP contribution in [-0.4, -0.2) is 34.1 Å². The Bertz CT molecular complexity index is 1060. The van der Waals surface area contributed by atoms with E-state index in [0.717, 1.165) is 12.6 Å². The number of nitrogens with two attached hydrogens (primary N) is 1. The Morgan fingerprint density at radius 3 is 2.77 bits per heavy atom. The molecule has 1 aromatic carbocycles. The van der Waals surface area contributed by atoms with Crippen LogP contribution in [0.5, 0.6) is 5.75 Å². The lowest BCUT2D eigenvalue weighted by Gasteiger charge is -2.36. The summed E-state index contributed by atoms with van der Waals surface area (Å²) in [6, 6.07) is 6.45. The molecule has 0 amide bonds. The number of halogens is 2. The van der Waals surface area contributed by atoms with Crippen molar-refractivity contribution in [2.45, 2.75) is 26.3 Å². The lowest BCUT2D eigenvalue weighted by molar-refractivity contribution is 0.285. The van der Waals surface area contributed by atoms with Gasteiger partial charge in [0, 0.05) is 11.6 Å². The predicted octanol–water partition coefficient (Wildman–Crippen LogP) is 4.14. The van der Waals surface area contributed by atoms with Crippen LogP contribution in [0.3, 0.4) is 0 Å².